The Morgan fingerprint density at radius 2 is 1.87 bits per heavy atom. The lowest BCUT2D eigenvalue weighted by atomic mass is 10.0. The highest BCUT2D eigenvalue weighted by atomic mass is 32.2. The van der Waals surface area contributed by atoms with Crippen LogP contribution in [0, 0.1) is 6.92 Å². The maximum atomic E-state index is 13.1. The quantitative estimate of drug-likeness (QED) is 0.758. The number of benzene rings is 1. The van der Waals surface area contributed by atoms with Crippen LogP contribution in [-0.4, -0.2) is 25.7 Å². The van der Waals surface area contributed by atoms with Crippen molar-refractivity contribution in [2.24, 2.45) is 0 Å². The van der Waals surface area contributed by atoms with E-state index in [1.54, 1.807) is 38.1 Å². The minimum absolute atomic E-state index is 0.0176. The van der Waals surface area contributed by atoms with Crippen molar-refractivity contribution in [3.8, 4) is 0 Å². The van der Waals surface area contributed by atoms with E-state index in [2.05, 4.69) is 0 Å². The third-order valence-corrected chi connectivity index (χ3v) is 6.29. The lowest BCUT2D eigenvalue weighted by Crippen LogP contribution is -2.47. The van der Waals surface area contributed by atoms with Crippen molar-refractivity contribution in [1.82, 2.24) is 0 Å². The van der Waals surface area contributed by atoms with Gasteiger partial charge in [0.25, 0.3) is 0 Å². The highest BCUT2D eigenvalue weighted by Gasteiger charge is 2.49. The van der Waals surface area contributed by atoms with E-state index in [1.807, 2.05) is 6.07 Å². The van der Waals surface area contributed by atoms with Gasteiger partial charge in [-0.2, -0.15) is 0 Å². The van der Waals surface area contributed by atoms with Crippen molar-refractivity contribution >= 4 is 15.8 Å². The molecule has 1 aromatic carbocycles. The minimum atomic E-state index is -3.98. The topological polar surface area (TPSA) is 73.6 Å². The largest absolute Gasteiger partial charge is 0.468 e. The first-order valence-electron chi connectivity index (χ1n) is 7.33. The Bertz CT molecular complexity index is 776. The Morgan fingerprint density at radius 1 is 1.22 bits per heavy atom. The van der Waals surface area contributed by atoms with Crippen LogP contribution in [-0.2, 0) is 25.8 Å². The highest BCUT2D eigenvalue weighted by Crippen LogP contribution is 2.33. The first-order chi connectivity index (χ1) is 10.8. The van der Waals surface area contributed by atoms with E-state index in [1.165, 1.54) is 19.3 Å². The predicted octanol–water partition coefficient (Wildman–Crippen LogP) is 2.93. The molecule has 23 heavy (non-hydrogen) atoms. The van der Waals surface area contributed by atoms with E-state index in [-0.39, 0.29) is 23.7 Å². The Kier molecular flexibility index (Phi) is 4.94. The van der Waals surface area contributed by atoms with Gasteiger partial charge < -0.3 is 9.15 Å². The van der Waals surface area contributed by atoms with Gasteiger partial charge in [-0.15, -0.1) is 0 Å². The molecule has 0 bridgehead atoms. The van der Waals surface area contributed by atoms with Crippen LogP contribution in [0.3, 0.4) is 0 Å². The molecule has 0 amide bonds. The molecule has 0 aliphatic heterocycles. The molecule has 5 nitrogen and oxygen atoms in total. The van der Waals surface area contributed by atoms with Crippen LogP contribution in [0.1, 0.15) is 25.2 Å². The maximum Gasteiger partial charge on any atom is 0.327 e. The molecular weight excluding hydrogens is 316 g/mol. The summed E-state index contributed by atoms with van der Waals surface area (Å²) in [4.78, 5) is 12.5. The molecule has 6 heteroatoms. The Labute approximate surface area is 136 Å². The molecule has 0 fully saturated rings. The molecule has 0 aliphatic carbocycles. The molecule has 0 N–H and O–H groups in total. The summed E-state index contributed by atoms with van der Waals surface area (Å²) in [6.07, 6.45) is 1.33. The summed E-state index contributed by atoms with van der Waals surface area (Å²) in [5.41, 5.74) is 0.743. The highest BCUT2D eigenvalue weighted by molar-refractivity contribution is 7.93. The van der Waals surface area contributed by atoms with Gasteiger partial charge in [0.05, 0.1) is 12.9 Å². The van der Waals surface area contributed by atoms with Crippen molar-refractivity contribution in [2.75, 3.05) is 6.61 Å². The van der Waals surface area contributed by atoms with Crippen LogP contribution in [0.4, 0.5) is 0 Å². The van der Waals surface area contributed by atoms with Crippen LogP contribution < -0.4 is 0 Å². The summed E-state index contributed by atoms with van der Waals surface area (Å²) in [7, 11) is -3.98. The maximum absolute atomic E-state index is 13.1. The van der Waals surface area contributed by atoms with Crippen LogP contribution in [0.2, 0.25) is 0 Å². The molecule has 1 unspecified atom stereocenters. The number of furan rings is 1. The van der Waals surface area contributed by atoms with E-state index in [4.69, 9.17) is 9.15 Å². The Morgan fingerprint density at radius 3 is 2.39 bits per heavy atom. The normalized spacial score (nSPS) is 14.2. The van der Waals surface area contributed by atoms with Gasteiger partial charge >= 0.3 is 5.97 Å². The molecule has 1 heterocycles. The monoisotopic (exact) mass is 336 g/mol. The minimum Gasteiger partial charge on any atom is -0.468 e. The van der Waals surface area contributed by atoms with Crippen LogP contribution in [0.15, 0.2) is 52.0 Å². The van der Waals surface area contributed by atoms with Crippen LogP contribution in [0.5, 0.6) is 0 Å². The van der Waals surface area contributed by atoms with E-state index < -0.39 is 20.6 Å². The Balaban J connectivity index is 2.54. The summed E-state index contributed by atoms with van der Waals surface area (Å²) >= 11 is 0. The van der Waals surface area contributed by atoms with Gasteiger partial charge in [-0.3, -0.25) is 4.79 Å². The van der Waals surface area contributed by atoms with E-state index in [0.717, 1.165) is 5.56 Å². The molecule has 0 radical (unpaired) electrons. The number of hydrogen-bond donors (Lipinski definition) is 0. The molecule has 1 aromatic heterocycles. The zero-order valence-corrected chi connectivity index (χ0v) is 14.2. The van der Waals surface area contributed by atoms with Crippen molar-refractivity contribution in [2.45, 2.75) is 36.8 Å². The van der Waals surface area contributed by atoms with Gasteiger partial charge in [0.1, 0.15) is 10.7 Å². The first-order valence-corrected chi connectivity index (χ1v) is 8.81. The van der Waals surface area contributed by atoms with Gasteiger partial charge in [0.2, 0.25) is 0 Å². The summed E-state index contributed by atoms with van der Waals surface area (Å²) in [5.74, 6) is -0.502. The number of rotatable bonds is 6. The van der Waals surface area contributed by atoms with Gasteiger partial charge in [0, 0.05) is 6.42 Å². The predicted molar refractivity (Wildman–Crippen MR) is 85.8 cm³/mol. The smallest absolute Gasteiger partial charge is 0.327 e. The van der Waals surface area contributed by atoms with Crippen LogP contribution in [0.25, 0.3) is 0 Å². The van der Waals surface area contributed by atoms with Crippen molar-refractivity contribution < 1.29 is 22.4 Å². The number of ether oxygens (including phenoxy) is 1. The van der Waals surface area contributed by atoms with Crippen molar-refractivity contribution in [3.05, 3.63) is 54.0 Å². The van der Waals surface area contributed by atoms with E-state index >= 15 is 0 Å². The molecule has 0 saturated carbocycles. The molecule has 2 rings (SSSR count). The van der Waals surface area contributed by atoms with Gasteiger partial charge in [-0.25, -0.2) is 8.42 Å². The third kappa shape index (κ3) is 3.17. The fourth-order valence-electron chi connectivity index (χ4n) is 2.44. The second kappa shape index (κ2) is 6.58. The fourth-order valence-corrected chi connectivity index (χ4v) is 4.22. The van der Waals surface area contributed by atoms with Gasteiger partial charge in [-0.05, 0) is 32.4 Å². The zero-order chi connectivity index (χ0) is 17.1. The molecule has 1 atom stereocenters. The summed E-state index contributed by atoms with van der Waals surface area (Å²) in [5, 5.41) is 0. The van der Waals surface area contributed by atoms with Gasteiger partial charge in [0.15, 0.2) is 14.6 Å². The molecule has 124 valence electrons. The standard InChI is InChI=1S/C17H20O5S/c1-4-21-16(18)17(3,12-14-8-6-5-7-9-14)23(19,20)15-10-11-22-13(15)2/h5-11H,4,12H2,1-3H3. The third-order valence-electron chi connectivity index (χ3n) is 3.79. The van der Waals surface area contributed by atoms with E-state index in [9.17, 15) is 13.2 Å². The molecule has 0 aliphatic rings. The number of esters is 1. The summed E-state index contributed by atoms with van der Waals surface area (Å²) in [6.45, 7) is 4.72. The number of aryl methyl sites for hydroxylation is 1. The number of carbonyl (C=O) groups excluding carboxylic acids is 1. The van der Waals surface area contributed by atoms with Crippen LogP contribution >= 0.6 is 0 Å². The lowest BCUT2D eigenvalue weighted by molar-refractivity contribution is -0.145. The average Bonchev–Trinajstić information content (AvgIpc) is 2.95. The number of hydrogen-bond acceptors (Lipinski definition) is 5. The van der Waals surface area contributed by atoms with Crippen molar-refractivity contribution in [1.29, 1.82) is 0 Å². The van der Waals surface area contributed by atoms with Crippen molar-refractivity contribution in [3.63, 3.8) is 0 Å². The second-order valence-electron chi connectivity index (χ2n) is 5.46. The fraction of sp³-hybridized carbons (Fsp3) is 0.353. The number of carbonyl (C=O) groups is 1. The Hall–Kier alpha value is -2.08. The molecule has 2 aromatic rings. The second-order valence-corrected chi connectivity index (χ2v) is 7.81. The SMILES string of the molecule is CCOC(=O)C(C)(Cc1ccccc1)S(=O)(=O)c1ccoc1C. The summed E-state index contributed by atoms with van der Waals surface area (Å²) < 4.78 is 34.6. The first kappa shape index (κ1) is 17.3. The van der Waals surface area contributed by atoms with Gasteiger partial charge in [-0.1, -0.05) is 30.3 Å². The van der Waals surface area contributed by atoms with E-state index in [0.29, 0.717) is 0 Å². The molecule has 0 spiro atoms. The number of sulfone groups is 1. The lowest BCUT2D eigenvalue weighted by Gasteiger charge is -2.27. The zero-order valence-electron chi connectivity index (χ0n) is 13.4. The average molecular weight is 336 g/mol. The summed E-state index contributed by atoms with van der Waals surface area (Å²) in [6, 6.07) is 10.4. The molecule has 0 saturated heterocycles. The molecular formula is C17H20O5S.